The van der Waals surface area contributed by atoms with Gasteiger partial charge in [-0.25, -0.2) is 0 Å². The molecule has 0 aliphatic carbocycles. The molecule has 1 saturated heterocycles. The van der Waals surface area contributed by atoms with Crippen molar-refractivity contribution in [3.8, 4) is 0 Å². The predicted molar refractivity (Wildman–Crippen MR) is 101 cm³/mol. The molecular weight excluding hydrogens is 382 g/mol. The Morgan fingerprint density at radius 1 is 0.920 bits per heavy atom. The van der Waals surface area contributed by atoms with Gasteiger partial charge in [-0.2, -0.15) is 0 Å². The fourth-order valence-corrected chi connectivity index (χ4v) is 3.22. The molecule has 2 aromatic carbocycles. The van der Waals surface area contributed by atoms with E-state index < -0.39 is 11.8 Å². The molecule has 0 aromatic heterocycles. The molecule has 0 bridgehead atoms. The van der Waals surface area contributed by atoms with E-state index in [4.69, 9.17) is 0 Å². The van der Waals surface area contributed by atoms with Crippen molar-refractivity contribution in [2.45, 2.75) is 6.54 Å². The standard InChI is InChI=1S/C19H20BrN3O2/c20-16-8-4-5-9-17(16)21-18(24)19(25)23-12-10-22(11-13-23)14-15-6-2-1-3-7-15/h1-9H,10-14H2,(H,21,24). The molecule has 6 heteroatoms. The smallest absolute Gasteiger partial charge is 0.313 e. The average molecular weight is 402 g/mol. The van der Waals surface area contributed by atoms with Crippen molar-refractivity contribution in [3.63, 3.8) is 0 Å². The number of hydrogen-bond acceptors (Lipinski definition) is 3. The summed E-state index contributed by atoms with van der Waals surface area (Å²) in [6, 6.07) is 17.5. The summed E-state index contributed by atoms with van der Waals surface area (Å²) in [6.45, 7) is 3.53. The molecule has 0 unspecified atom stereocenters. The number of benzene rings is 2. The first kappa shape index (κ1) is 17.6. The first-order chi connectivity index (χ1) is 12.1. The van der Waals surface area contributed by atoms with Crippen LogP contribution in [0.25, 0.3) is 0 Å². The second-order valence-corrected chi connectivity index (χ2v) is 6.84. The number of para-hydroxylation sites is 1. The van der Waals surface area contributed by atoms with Gasteiger partial charge in [0.25, 0.3) is 0 Å². The van der Waals surface area contributed by atoms with Gasteiger partial charge >= 0.3 is 11.8 Å². The molecule has 1 N–H and O–H groups in total. The van der Waals surface area contributed by atoms with Crippen molar-refractivity contribution >= 4 is 33.4 Å². The van der Waals surface area contributed by atoms with E-state index in [1.807, 2.05) is 36.4 Å². The van der Waals surface area contributed by atoms with Gasteiger partial charge in [-0.3, -0.25) is 14.5 Å². The number of nitrogens with one attached hydrogen (secondary N) is 1. The molecule has 1 fully saturated rings. The van der Waals surface area contributed by atoms with Crippen LogP contribution in [0.3, 0.4) is 0 Å². The number of nitrogens with zero attached hydrogens (tertiary/aromatic N) is 2. The molecular formula is C19H20BrN3O2. The monoisotopic (exact) mass is 401 g/mol. The molecule has 130 valence electrons. The Hall–Kier alpha value is -2.18. The number of carbonyl (C=O) groups is 2. The van der Waals surface area contributed by atoms with E-state index in [-0.39, 0.29) is 0 Å². The van der Waals surface area contributed by atoms with Crippen molar-refractivity contribution in [2.75, 3.05) is 31.5 Å². The van der Waals surface area contributed by atoms with Crippen LogP contribution in [0.4, 0.5) is 5.69 Å². The van der Waals surface area contributed by atoms with Crippen LogP contribution < -0.4 is 5.32 Å². The first-order valence-electron chi connectivity index (χ1n) is 8.24. The first-order valence-corrected chi connectivity index (χ1v) is 9.04. The second kappa shape index (κ2) is 8.27. The summed E-state index contributed by atoms with van der Waals surface area (Å²) in [5.74, 6) is -1.07. The van der Waals surface area contributed by atoms with Gasteiger partial charge in [-0.05, 0) is 33.6 Å². The van der Waals surface area contributed by atoms with Crippen LogP contribution in [0.1, 0.15) is 5.56 Å². The lowest BCUT2D eigenvalue weighted by molar-refractivity contribution is -0.144. The maximum Gasteiger partial charge on any atom is 0.313 e. The number of hydrogen-bond donors (Lipinski definition) is 1. The van der Waals surface area contributed by atoms with E-state index >= 15 is 0 Å². The van der Waals surface area contributed by atoms with Gasteiger partial charge < -0.3 is 10.2 Å². The highest BCUT2D eigenvalue weighted by atomic mass is 79.9. The summed E-state index contributed by atoms with van der Waals surface area (Å²) in [5.41, 5.74) is 1.86. The minimum absolute atomic E-state index is 0.477. The van der Waals surface area contributed by atoms with Crippen molar-refractivity contribution in [2.24, 2.45) is 0 Å². The van der Waals surface area contributed by atoms with E-state index in [0.717, 1.165) is 24.1 Å². The number of halogens is 1. The van der Waals surface area contributed by atoms with Crippen LogP contribution in [0.5, 0.6) is 0 Å². The third-order valence-electron chi connectivity index (χ3n) is 4.22. The van der Waals surface area contributed by atoms with Gasteiger partial charge in [0.15, 0.2) is 0 Å². The third-order valence-corrected chi connectivity index (χ3v) is 4.92. The molecule has 2 amide bonds. The molecule has 1 heterocycles. The highest BCUT2D eigenvalue weighted by Crippen LogP contribution is 2.21. The van der Waals surface area contributed by atoms with Crippen LogP contribution >= 0.6 is 15.9 Å². The summed E-state index contributed by atoms with van der Waals surface area (Å²) in [4.78, 5) is 28.5. The molecule has 1 aliphatic rings. The molecule has 0 atom stereocenters. The Labute approximate surface area is 155 Å². The largest absolute Gasteiger partial charge is 0.332 e. The molecule has 0 saturated carbocycles. The fourth-order valence-electron chi connectivity index (χ4n) is 2.83. The summed E-state index contributed by atoms with van der Waals surface area (Å²) < 4.78 is 0.754. The van der Waals surface area contributed by atoms with E-state index in [2.05, 4.69) is 38.3 Å². The quantitative estimate of drug-likeness (QED) is 0.804. The summed E-state index contributed by atoms with van der Waals surface area (Å²) in [5, 5.41) is 2.67. The van der Waals surface area contributed by atoms with E-state index in [1.54, 1.807) is 11.0 Å². The zero-order chi connectivity index (χ0) is 17.6. The molecule has 2 aromatic rings. The van der Waals surface area contributed by atoms with Gasteiger partial charge in [0, 0.05) is 37.2 Å². The van der Waals surface area contributed by atoms with Gasteiger partial charge in [0.1, 0.15) is 0 Å². The maximum atomic E-state index is 12.4. The SMILES string of the molecule is O=C(Nc1ccccc1Br)C(=O)N1CCN(Cc2ccccc2)CC1. The molecule has 3 rings (SSSR count). The van der Waals surface area contributed by atoms with Crippen molar-refractivity contribution < 1.29 is 9.59 Å². The lowest BCUT2D eigenvalue weighted by Gasteiger charge is -2.34. The second-order valence-electron chi connectivity index (χ2n) is 5.99. The highest BCUT2D eigenvalue weighted by molar-refractivity contribution is 9.10. The Kier molecular flexibility index (Phi) is 5.83. The van der Waals surface area contributed by atoms with Gasteiger partial charge in [0.05, 0.1) is 5.69 Å². The van der Waals surface area contributed by atoms with E-state index in [1.165, 1.54) is 5.56 Å². The Bertz CT molecular complexity index is 743. The van der Waals surface area contributed by atoms with E-state index in [0.29, 0.717) is 18.8 Å². The normalized spacial score (nSPS) is 15.0. The van der Waals surface area contributed by atoms with Crippen LogP contribution in [0.15, 0.2) is 59.1 Å². The van der Waals surface area contributed by atoms with Crippen molar-refractivity contribution in [1.82, 2.24) is 9.80 Å². The minimum atomic E-state index is -0.594. The summed E-state index contributed by atoms with van der Waals surface area (Å²) in [6.07, 6.45) is 0. The maximum absolute atomic E-state index is 12.4. The molecule has 5 nitrogen and oxygen atoms in total. The Morgan fingerprint density at radius 2 is 1.56 bits per heavy atom. The third kappa shape index (κ3) is 4.67. The fraction of sp³-hybridized carbons (Fsp3) is 0.263. The molecule has 0 spiro atoms. The number of piperazine rings is 1. The Balaban J connectivity index is 1.51. The highest BCUT2D eigenvalue weighted by Gasteiger charge is 2.26. The molecule has 25 heavy (non-hydrogen) atoms. The topological polar surface area (TPSA) is 52.7 Å². The zero-order valence-corrected chi connectivity index (χ0v) is 15.4. The molecule has 1 aliphatic heterocycles. The van der Waals surface area contributed by atoms with Gasteiger partial charge in [-0.15, -0.1) is 0 Å². The summed E-state index contributed by atoms with van der Waals surface area (Å²) in [7, 11) is 0. The minimum Gasteiger partial charge on any atom is -0.332 e. The summed E-state index contributed by atoms with van der Waals surface area (Å²) >= 11 is 3.36. The van der Waals surface area contributed by atoms with Crippen molar-refractivity contribution in [3.05, 3.63) is 64.6 Å². The number of carbonyl (C=O) groups excluding carboxylic acids is 2. The molecule has 0 radical (unpaired) electrons. The van der Waals surface area contributed by atoms with Crippen molar-refractivity contribution in [1.29, 1.82) is 0 Å². The lowest BCUT2D eigenvalue weighted by atomic mass is 10.2. The Morgan fingerprint density at radius 3 is 2.24 bits per heavy atom. The lowest BCUT2D eigenvalue weighted by Crippen LogP contribution is -2.51. The number of rotatable bonds is 3. The van der Waals surface area contributed by atoms with Gasteiger partial charge in [-0.1, -0.05) is 42.5 Å². The van der Waals surface area contributed by atoms with Gasteiger partial charge in [0.2, 0.25) is 0 Å². The van der Waals surface area contributed by atoms with Crippen LogP contribution in [0.2, 0.25) is 0 Å². The van der Waals surface area contributed by atoms with Crippen LogP contribution in [-0.4, -0.2) is 47.8 Å². The predicted octanol–water partition coefficient (Wildman–Crippen LogP) is 2.73. The van der Waals surface area contributed by atoms with E-state index in [9.17, 15) is 9.59 Å². The zero-order valence-electron chi connectivity index (χ0n) is 13.8. The average Bonchev–Trinajstić information content (AvgIpc) is 2.64. The van der Waals surface area contributed by atoms with Crippen LogP contribution in [0, 0.1) is 0 Å². The number of anilines is 1. The number of amides is 2. The van der Waals surface area contributed by atoms with Crippen LogP contribution in [-0.2, 0) is 16.1 Å².